The van der Waals surface area contributed by atoms with Crippen LogP contribution in [0.4, 0.5) is 5.69 Å². The predicted octanol–water partition coefficient (Wildman–Crippen LogP) is 5.04. The first-order chi connectivity index (χ1) is 20.0. The van der Waals surface area contributed by atoms with Crippen LogP contribution in [0.1, 0.15) is 31.4 Å². The molecule has 2 amide bonds. The van der Waals surface area contributed by atoms with E-state index >= 15 is 0 Å². The van der Waals surface area contributed by atoms with E-state index in [-0.39, 0.29) is 37.4 Å². The van der Waals surface area contributed by atoms with Crippen LogP contribution in [0.25, 0.3) is 0 Å². The number of sulfonamides is 1. The minimum absolute atomic E-state index is 0.0126. The number of fused-ring (bicyclic) bond motifs is 1. The van der Waals surface area contributed by atoms with Crippen molar-refractivity contribution in [3.8, 4) is 11.5 Å². The van der Waals surface area contributed by atoms with Gasteiger partial charge >= 0.3 is 0 Å². The van der Waals surface area contributed by atoms with Gasteiger partial charge in [0.05, 0.1) is 11.9 Å². The maximum Gasteiger partial charge on any atom is 0.244 e. The smallest absolute Gasteiger partial charge is 0.244 e. The molecule has 2 atom stereocenters. The Kier molecular flexibility index (Phi) is 10.2. The Hall–Kier alpha value is -3.47. The summed E-state index contributed by atoms with van der Waals surface area (Å²) in [7, 11) is -3.93. The van der Waals surface area contributed by atoms with Gasteiger partial charge in [0, 0.05) is 35.1 Å². The van der Waals surface area contributed by atoms with Crippen LogP contribution in [0.3, 0.4) is 0 Å². The third kappa shape index (κ3) is 7.87. The number of rotatable bonds is 12. The monoisotopic (exact) mass is 633 g/mol. The average Bonchev–Trinajstić information content (AvgIpc) is 3.42. The van der Waals surface area contributed by atoms with E-state index in [1.54, 1.807) is 30.3 Å². The number of anilines is 1. The molecular weight excluding hydrogens is 601 g/mol. The van der Waals surface area contributed by atoms with E-state index in [0.29, 0.717) is 33.5 Å². The number of benzene rings is 3. The van der Waals surface area contributed by atoms with Crippen molar-refractivity contribution in [3.05, 3.63) is 87.9 Å². The summed E-state index contributed by atoms with van der Waals surface area (Å²) in [5, 5.41) is 3.73. The zero-order valence-corrected chi connectivity index (χ0v) is 25.9. The predicted molar refractivity (Wildman–Crippen MR) is 164 cm³/mol. The van der Waals surface area contributed by atoms with Crippen LogP contribution >= 0.6 is 23.2 Å². The molecule has 224 valence electrons. The minimum atomic E-state index is -3.93. The molecule has 42 heavy (non-hydrogen) atoms. The molecule has 0 saturated carbocycles. The summed E-state index contributed by atoms with van der Waals surface area (Å²) in [4.78, 5) is 29.3. The lowest BCUT2D eigenvalue weighted by molar-refractivity contribution is -0.140. The number of carbonyl (C=O) groups is 2. The molecule has 1 aliphatic rings. The maximum absolute atomic E-state index is 14.2. The third-order valence-corrected chi connectivity index (χ3v) is 8.68. The minimum Gasteiger partial charge on any atom is -0.454 e. The zero-order chi connectivity index (χ0) is 30.4. The van der Waals surface area contributed by atoms with Crippen molar-refractivity contribution in [3.63, 3.8) is 0 Å². The van der Waals surface area contributed by atoms with Crippen molar-refractivity contribution >= 4 is 50.7 Å². The molecule has 0 unspecified atom stereocenters. The Morgan fingerprint density at radius 3 is 2.38 bits per heavy atom. The molecule has 4 rings (SSSR count). The van der Waals surface area contributed by atoms with E-state index < -0.39 is 28.5 Å². The van der Waals surface area contributed by atoms with Crippen molar-refractivity contribution in [2.75, 3.05) is 23.9 Å². The summed E-state index contributed by atoms with van der Waals surface area (Å²) < 4.78 is 37.7. The highest BCUT2D eigenvalue weighted by Gasteiger charge is 2.34. The summed E-state index contributed by atoms with van der Waals surface area (Å²) in [6.07, 6.45) is 1.90. The third-order valence-electron chi connectivity index (χ3n) is 6.95. The van der Waals surface area contributed by atoms with Gasteiger partial charge in [-0.25, -0.2) is 8.42 Å². The van der Waals surface area contributed by atoms with Gasteiger partial charge in [0.1, 0.15) is 12.6 Å². The molecule has 0 bridgehead atoms. The van der Waals surface area contributed by atoms with Gasteiger partial charge in [-0.15, -0.1) is 0 Å². The second-order valence-electron chi connectivity index (χ2n) is 10.1. The Morgan fingerprint density at radius 1 is 1.00 bits per heavy atom. The van der Waals surface area contributed by atoms with Crippen molar-refractivity contribution in [2.45, 2.75) is 45.3 Å². The lowest BCUT2D eigenvalue weighted by Gasteiger charge is -2.34. The number of nitrogens with zero attached hydrogens (tertiary/aromatic N) is 2. The van der Waals surface area contributed by atoms with Crippen molar-refractivity contribution in [2.24, 2.45) is 0 Å². The second kappa shape index (κ2) is 13.7. The molecule has 0 radical (unpaired) electrons. The Balaban J connectivity index is 1.75. The van der Waals surface area contributed by atoms with Crippen LogP contribution in [0, 0.1) is 0 Å². The first kappa shape index (κ1) is 31.5. The number of ether oxygens (including phenoxy) is 2. The molecule has 0 aliphatic carbocycles. The standard InChI is InChI=1S/C30H33Cl2N3O6S/c1-4-20(2)33-30(37)26(14-21-8-6-5-7-9-21)34(17-22-10-11-23(31)15-25(22)32)29(36)18-35(42(3,38)39)24-12-13-27-28(16-24)41-19-40-27/h5-13,15-16,20,26H,4,14,17-19H2,1-3H3,(H,33,37)/t20-,26+/m0/s1. The molecule has 0 saturated heterocycles. The van der Waals surface area contributed by atoms with Crippen molar-refractivity contribution in [1.82, 2.24) is 10.2 Å². The van der Waals surface area contributed by atoms with E-state index in [4.69, 9.17) is 32.7 Å². The topological polar surface area (TPSA) is 105 Å². The Bertz CT molecular complexity index is 1540. The lowest BCUT2D eigenvalue weighted by Crippen LogP contribution is -2.54. The number of halogens is 2. The molecule has 12 heteroatoms. The van der Waals surface area contributed by atoms with Crippen LogP contribution in [-0.2, 0) is 32.6 Å². The van der Waals surface area contributed by atoms with Crippen LogP contribution in [0.5, 0.6) is 11.5 Å². The summed E-state index contributed by atoms with van der Waals surface area (Å²) in [5.74, 6) is -0.111. The average molecular weight is 635 g/mol. The molecule has 1 N–H and O–H groups in total. The molecule has 0 aromatic heterocycles. The largest absolute Gasteiger partial charge is 0.454 e. The fourth-order valence-electron chi connectivity index (χ4n) is 4.48. The van der Waals surface area contributed by atoms with Crippen molar-refractivity contribution in [1.29, 1.82) is 0 Å². The molecule has 9 nitrogen and oxygen atoms in total. The van der Waals surface area contributed by atoms with Gasteiger partial charge in [-0.3, -0.25) is 13.9 Å². The van der Waals surface area contributed by atoms with E-state index in [0.717, 1.165) is 16.1 Å². The first-order valence-corrected chi connectivity index (χ1v) is 16.0. The lowest BCUT2D eigenvalue weighted by atomic mass is 10.0. The molecule has 1 aliphatic heterocycles. The number of carbonyl (C=O) groups excluding carboxylic acids is 2. The molecule has 3 aromatic rings. The number of hydrogen-bond acceptors (Lipinski definition) is 6. The molecule has 3 aromatic carbocycles. The maximum atomic E-state index is 14.2. The fraction of sp³-hybridized carbons (Fsp3) is 0.333. The second-order valence-corrected chi connectivity index (χ2v) is 12.8. The highest BCUT2D eigenvalue weighted by Crippen LogP contribution is 2.36. The summed E-state index contributed by atoms with van der Waals surface area (Å²) in [6.45, 7) is 3.22. The van der Waals surface area contributed by atoms with E-state index in [2.05, 4.69) is 5.32 Å². The molecule has 0 fully saturated rings. The van der Waals surface area contributed by atoms with Gasteiger partial charge in [0.2, 0.25) is 28.6 Å². The normalized spacial score (nSPS) is 13.7. The van der Waals surface area contributed by atoms with Crippen molar-refractivity contribution < 1.29 is 27.5 Å². The quantitative estimate of drug-likeness (QED) is 0.299. The van der Waals surface area contributed by atoms with Crippen LogP contribution < -0.4 is 19.1 Å². The number of hydrogen-bond donors (Lipinski definition) is 1. The number of amides is 2. The van der Waals surface area contributed by atoms with Gasteiger partial charge < -0.3 is 19.7 Å². The summed E-state index contributed by atoms with van der Waals surface area (Å²) >= 11 is 12.6. The Morgan fingerprint density at radius 2 is 1.71 bits per heavy atom. The number of nitrogens with one attached hydrogen (secondary N) is 1. The van der Waals surface area contributed by atoms with E-state index in [1.165, 1.54) is 11.0 Å². The van der Waals surface area contributed by atoms with E-state index in [1.807, 2.05) is 44.2 Å². The van der Waals surface area contributed by atoms with Gasteiger partial charge in [-0.1, -0.05) is 66.5 Å². The summed E-state index contributed by atoms with van der Waals surface area (Å²) in [6, 6.07) is 17.7. The molecule has 0 spiro atoms. The highest BCUT2D eigenvalue weighted by molar-refractivity contribution is 7.92. The van der Waals surface area contributed by atoms with Gasteiger partial charge in [-0.05, 0) is 48.7 Å². The Labute approximate surface area is 256 Å². The summed E-state index contributed by atoms with van der Waals surface area (Å²) in [5.41, 5.74) is 1.61. The van der Waals surface area contributed by atoms with Crippen LogP contribution in [0.2, 0.25) is 10.0 Å². The van der Waals surface area contributed by atoms with Gasteiger partial charge in [0.15, 0.2) is 11.5 Å². The van der Waals surface area contributed by atoms with Crippen LogP contribution in [-0.4, -0.2) is 56.8 Å². The van der Waals surface area contributed by atoms with Gasteiger partial charge in [0.25, 0.3) is 0 Å². The first-order valence-electron chi connectivity index (χ1n) is 13.4. The molecule has 1 heterocycles. The molecular formula is C30H33Cl2N3O6S. The fourth-order valence-corrected chi connectivity index (χ4v) is 5.79. The van der Waals surface area contributed by atoms with E-state index in [9.17, 15) is 18.0 Å². The zero-order valence-electron chi connectivity index (χ0n) is 23.5. The van der Waals surface area contributed by atoms with Crippen LogP contribution in [0.15, 0.2) is 66.7 Å². The SMILES string of the molecule is CC[C@H](C)NC(=O)[C@@H](Cc1ccccc1)N(Cc1ccc(Cl)cc1Cl)C(=O)CN(c1ccc2c(c1)OCO2)S(C)(=O)=O. The highest BCUT2D eigenvalue weighted by atomic mass is 35.5. The van der Waals surface area contributed by atoms with Gasteiger partial charge in [-0.2, -0.15) is 0 Å².